The normalized spacial score (nSPS) is 10.3. The average molecular weight is 457 g/mol. The van der Waals surface area contributed by atoms with Gasteiger partial charge in [0.25, 0.3) is 0 Å². The van der Waals surface area contributed by atoms with Crippen LogP contribution >= 0.6 is 0 Å². The van der Waals surface area contributed by atoms with Crippen LogP contribution in [0.1, 0.15) is 103 Å². The first-order valence-corrected chi connectivity index (χ1v) is 12.8. The van der Waals surface area contributed by atoms with Crippen LogP contribution < -0.4 is 0 Å². The molecule has 0 unspecified atom stereocenters. The van der Waals surface area contributed by atoms with Crippen LogP contribution in [0.2, 0.25) is 0 Å². The maximum atomic E-state index is 8.63. The molecule has 190 valence electrons. The molecule has 0 bridgehead atoms. The molecule has 0 aliphatic rings. The van der Waals surface area contributed by atoms with E-state index in [9.17, 15) is 0 Å². The average Bonchev–Trinajstić information content (AvgIpc) is 2.84. The highest BCUT2D eigenvalue weighted by Crippen LogP contribution is 2.12. The molecule has 0 aromatic heterocycles. The van der Waals surface area contributed by atoms with E-state index in [0.717, 1.165) is 19.6 Å². The van der Waals surface area contributed by atoms with Crippen molar-refractivity contribution in [2.45, 2.75) is 110 Å². The SMILES string of the molecule is CCCCCCCCCCCCCCCO.CCOCc1ccccc1.OCC(O)CO. The molecule has 0 saturated heterocycles. The number of aliphatic hydroxyl groups excluding tert-OH is 4. The molecule has 1 aromatic rings. The highest BCUT2D eigenvalue weighted by atomic mass is 16.5. The van der Waals surface area contributed by atoms with Crippen LogP contribution in [-0.2, 0) is 11.3 Å². The van der Waals surface area contributed by atoms with Crippen molar-refractivity contribution in [2.75, 3.05) is 26.4 Å². The van der Waals surface area contributed by atoms with Gasteiger partial charge in [-0.2, -0.15) is 0 Å². The fourth-order valence-electron chi connectivity index (χ4n) is 2.98. The number of hydrogen-bond donors (Lipinski definition) is 4. The van der Waals surface area contributed by atoms with Crippen molar-refractivity contribution in [1.29, 1.82) is 0 Å². The Morgan fingerprint density at radius 1 is 0.656 bits per heavy atom. The number of rotatable bonds is 18. The molecule has 0 atom stereocenters. The third-order valence-electron chi connectivity index (χ3n) is 5.00. The lowest BCUT2D eigenvalue weighted by Crippen LogP contribution is -2.15. The van der Waals surface area contributed by atoms with Gasteiger partial charge >= 0.3 is 0 Å². The van der Waals surface area contributed by atoms with E-state index >= 15 is 0 Å². The molecule has 1 rings (SSSR count). The minimum atomic E-state index is -0.954. The van der Waals surface area contributed by atoms with Crippen molar-refractivity contribution in [3.05, 3.63) is 35.9 Å². The topological polar surface area (TPSA) is 90.2 Å². The summed E-state index contributed by atoms with van der Waals surface area (Å²) in [6.07, 6.45) is 16.8. The summed E-state index contributed by atoms with van der Waals surface area (Å²) in [4.78, 5) is 0. The lowest BCUT2D eigenvalue weighted by atomic mass is 10.0. The molecule has 32 heavy (non-hydrogen) atoms. The van der Waals surface area contributed by atoms with E-state index in [2.05, 4.69) is 19.1 Å². The zero-order chi connectivity index (χ0) is 24.1. The molecule has 5 heteroatoms. The second-order valence-corrected chi connectivity index (χ2v) is 8.11. The van der Waals surface area contributed by atoms with Crippen LogP contribution in [0.25, 0.3) is 0 Å². The molecule has 0 spiro atoms. The van der Waals surface area contributed by atoms with Crippen LogP contribution in [0.15, 0.2) is 30.3 Å². The van der Waals surface area contributed by atoms with E-state index < -0.39 is 6.10 Å². The predicted molar refractivity (Wildman–Crippen MR) is 135 cm³/mol. The summed E-state index contributed by atoms with van der Waals surface area (Å²) in [5, 5.41) is 32.6. The molecule has 1 aromatic carbocycles. The second-order valence-electron chi connectivity index (χ2n) is 8.11. The van der Waals surface area contributed by atoms with Gasteiger partial charge in [-0.15, -0.1) is 0 Å². The summed E-state index contributed by atoms with van der Waals surface area (Å²) in [7, 11) is 0. The fraction of sp³-hybridized carbons (Fsp3) is 0.778. The van der Waals surface area contributed by atoms with Crippen LogP contribution in [0.4, 0.5) is 0 Å². The van der Waals surface area contributed by atoms with Gasteiger partial charge < -0.3 is 25.2 Å². The first kappa shape index (κ1) is 33.2. The number of benzene rings is 1. The monoisotopic (exact) mass is 456 g/mol. The maximum Gasteiger partial charge on any atom is 0.100 e. The van der Waals surface area contributed by atoms with Crippen LogP contribution in [-0.4, -0.2) is 53.0 Å². The standard InChI is InChI=1S/C15H32O.C9H12O.C3H8O3/c1-2-3-4-5-6-7-8-9-10-11-12-13-14-15-16;1-2-10-8-9-6-4-3-5-7-9;4-1-3(6)2-5/h16H,2-15H2,1H3;3-7H,2,8H2,1H3;3-6H,1-2H2. The zero-order valence-corrected chi connectivity index (χ0v) is 20.9. The molecule has 0 amide bonds. The Bertz CT molecular complexity index is 409. The Kier molecular flexibility index (Phi) is 31.1. The lowest BCUT2D eigenvalue weighted by Gasteiger charge is -2.02. The Balaban J connectivity index is 0. The molecular formula is C27H52O5. The summed E-state index contributed by atoms with van der Waals surface area (Å²) < 4.78 is 5.22. The number of aliphatic hydroxyl groups is 4. The second kappa shape index (κ2) is 30.0. The minimum absolute atomic E-state index is 0.365. The Morgan fingerprint density at radius 3 is 1.44 bits per heavy atom. The van der Waals surface area contributed by atoms with Crippen LogP contribution in [0, 0.1) is 0 Å². The van der Waals surface area contributed by atoms with Crippen molar-refractivity contribution in [3.63, 3.8) is 0 Å². The van der Waals surface area contributed by atoms with Gasteiger partial charge in [-0.05, 0) is 18.9 Å². The molecule has 4 N–H and O–H groups in total. The van der Waals surface area contributed by atoms with Crippen LogP contribution in [0.3, 0.4) is 0 Å². The number of unbranched alkanes of at least 4 members (excludes halogenated alkanes) is 12. The molecule has 5 nitrogen and oxygen atoms in total. The van der Waals surface area contributed by atoms with Gasteiger partial charge in [0.2, 0.25) is 0 Å². The highest BCUT2D eigenvalue weighted by molar-refractivity contribution is 5.13. The van der Waals surface area contributed by atoms with Gasteiger partial charge in [-0.3, -0.25) is 0 Å². The smallest absolute Gasteiger partial charge is 0.100 e. The Hall–Kier alpha value is -0.980. The molecule has 0 aliphatic carbocycles. The van der Waals surface area contributed by atoms with Crippen LogP contribution in [0.5, 0.6) is 0 Å². The van der Waals surface area contributed by atoms with E-state index in [1.165, 1.54) is 82.6 Å². The van der Waals surface area contributed by atoms with Crippen molar-refractivity contribution in [1.82, 2.24) is 0 Å². The summed E-state index contributed by atoms with van der Waals surface area (Å²) in [6, 6.07) is 10.2. The van der Waals surface area contributed by atoms with Gasteiger partial charge in [0.15, 0.2) is 0 Å². The summed E-state index contributed by atoms with van der Waals surface area (Å²) in [5.74, 6) is 0. The Labute approximate surface area is 197 Å². The highest BCUT2D eigenvalue weighted by Gasteiger charge is 1.94. The van der Waals surface area contributed by atoms with Crippen molar-refractivity contribution in [2.24, 2.45) is 0 Å². The molecule has 0 fully saturated rings. The van der Waals surface area contributed by atoms with E-state index in [0.29, 0.717) is 6.61 Å². The largest absolute Gasteiger partial charge is 0.396 e. The molecular weight excluding hydrogens is 404 g/mol. The minimum Gasteiger partial charge on any atom is -0.396 e. The van der Waals surface area contributed by atoms with Gasteiger partial charge in [0, 0.05) is 13.2 Å². The molecule has 0 heterocycles. The summed E-state index contributed by atoms with van der Waals surface area (Å²) in [6.45, 7) is 5.44. The van der Waals surface area contributed by atoms with E-state index in [4.69, 9.17) is 25.2 Å². The molecule has 0 aliphatic heterocycles. The Morgan fingerprint density at radius 2 is 1.09 bits per heavy atom. The number of ether oxygens (including phenoxy) is 1. The summed E-state index contributed by atoms with van der Waals surface area (Å²) >= 11 is 0. The lowest BCUT2D eigenvalue weighted by molar-refractivity contribution is 0.0450. The van der Waals surface area contributed by atoms with E-state index in [1.807, 2.05) is 25.1 Å². The van der Waals surface area contributed by atoms with Gasteiger partial charge in [0.05, 0.1) is 19.8 Å². The van der Waals surface area contributed by atoms with Crippen molar-refractivity contribution in [3.8, 4) is 0 Å². The van der Waals surface area contributed by atoms with E-state index in [1.54, 1.807) is 0 Å². The third-order valence-corrected chi connectivity index (χ3v) is 5.00. The van der Waals surface area contributed by atoms with E-state index in [-0.39, 0.29) is 13.2 Å². The number of hydrogen-bond acceptors (Lipinski definition) is 5. The first-order valence-electron chi connectivity index (χ1n) is 12.8. The van der Waals surface area contributed by atoms with Crippen molar-refractivity contribution >= 4 is 0 Å². The zero-order valence-electron chi connectivity index (χ0n) is 20.9. The third kappa shape index (κ3) is 29.0. The predicted octanol–water partition coefficient (Wildman–Crippen LogP) is 5.62. The quantitative estimate of drug-likeness (QED) is 0.215. The van der Waals surface area contributed by atoms with Gasteiger partial charge in [-0.25, -0.2) is 0 Å². The van der Waals surface area contributed by atoms with Gasteiger partial charge in [0.1, 0.15) is 6.10 Å². The van der Waals surface area contributed by atoms with Gasteiger partial charge in [-0.1, -0.05) is 114 Å². The maximum absolute atomic E-state index is 8.63. The first-order chi connectivity index (χ1) is 15.7. The van der Waals surface area contributed by atoms with Crippen molar-refractivity contribution < 1.29 is 25.2 Å². The molecule has 0 saturated carbocycles. The summed E-state index contributed by atoms with van der Waals surface area (Å²) in [5.41, 5.74) is 1.24. The molecule has 0 radical (unpaired) electrons. The fourth-order valence-corrected chi connectivity index (χ4v) is 2.98.